The number of rotatable bonds is 5. The van der Waals surface area contributed by atoms with Gasteiger partial charge in [-0.1, -0.05) is 17.3 Å². The Kier molecular flexibility index (Phi) is 4.16. The first-order valence-corrected chi connectivity index (χ1v) is 8.52. The Morgan fingerprint density at radius 2 is 2.23 bits per heavy atom. The fourth-order valence-electron chi connectivity index (χ4n) is 3.25. The molecule has 8 heteroatoms. The molecule has 8 nitrogen and oxygen atoms in total. The van der Waals surface area contributed by atoms with Crippen LogP contribution in [0.5, 0.6) is 0 Å². The molecule has 0 radical (unpaired) electrons. The van der Waals surface area contributed by atoms with Crippen molar-refractivity contribution in [3.8, 4) is 0 Å². The van der Waals surface area contributed by atoms with Crippen LogP contribution in [0.25, 0.3) is 11.0 Å². The zero-order valence-electron chi connectivity index (χ0n) is 14.4. The molecule has 1 saturated heterocycles. The van der Waals surface area contributed by atoms with E-state index in [4.69, 9.17) is 4.52 Å². The lowest BCUT2D eigenvalue weighted by Crippen LogP contribution is -2.34. The van der Waals surface area contributed by atoms with Gasteiger partial charge in [0.05, 0.1) is 23.5 Å². The predicted octanol–water partition coefficient (Wildman–Crippen LogP) is 1.27. The highest BCUT2D eigenvalue weighted by Crippen LogP contribution is 2.24. The molecular weight excluding hydrogens is 334 g/mol. The van der Waals surface area contributed by atoms with Gasteiger partial charge in [0.2, 0.25) is 11.8 Å². The maximum Gasteiger partial charge on any atom is 0.227 e. The molecule has 2 aromatic heterocycles. The maximum absolute atomic E-state index is 12.4. The van der Waals surface area contributed by atoms with Crippen LogP contribution in [0, 0.1) is 5.92 Å². The van der Waals surface area contributed by atoms with Gasteiger partial charge in [0.15, 0.2) is 5.58 Å². The van der Waals surface area contributed by atoms with Crippen molar-refractivity contribution in [2.75, 3.05) is 18.0 Å². The number of nitrogens with one attached hydrogen (secondary N) is 1. The molecule has 1 aromatic carbocycles. The van der Waals surface area contributed by atoms with Crippen molar-refractivity contribution in [2.24, 2.45) is 13.0 Å². The second kappa shape index (κ2) is 6.62. The molecule has 1 atom stereocenters. The summed E-state index contributed by atoms with van der Waals surface area (Å²) in [7, 11) is 1.79. The lowest BCUT2D eigenvalue weighted by molar-refractivity contribution is -0.126. The van der Waals surface area contributed by atoms with Crippen LogP contribution >= 0.6 is 0 Å². The number of benzene rings is 1. The number of aromatic nitrogens is 3. The molecule has 1 aliphatic heterocycles. The van der Waals surface area contributed by atoms with Crippen LogP contribution in [-0.4, -0.2) is 39.8 Å². The highest BCUT2D eigenvalue weighted by Gasteiger charge is 2.35. The summed E-state index contributed by atoms with van der Waals surface area (Å²) in [5.41, 5.74) is 2.28. The van der Waals surface area contributed by atoms with Crippen molar-refractivity contribution in [1.82, 2.24) is 20.3 Å². The molecule has 0 aliphatic carbocycles. The first-order chi connectivity index (χ1) is 12.6. The molecule has 3 aromatic rings. The highest BCUT2D eigenvalue weighted by molar-refractivity contribution is 6.00. The lowest BCUT2D eigenvalue weighted by atomic mass is 10.1. The molecule has 4 rings (SSSR count). The number of nitrogens with zero attached hydrogens (tertiary/aromatic N) is 4. The third-order valence-electron chi connectivity index (χ3n) is 4.61. The number of anilines is 1. The lowest BCUT2D eigenvalue weighted by Gasteiger charge is -2.14. The van der Waals surface area contributed by atoms with Gasteiger partial charge in [0.25, 0.3) is 0 Å². The number of hydrogen-bond donors (Lipinski definition) is 1. The van der Waals surface area contributed by atoms with Gasteiger partial charge >= 0.3 is 0 Å². The van der Waals surface area contributed by atoms with Crippen LogP contribution in [-0.2, 0) is 23.1 Å². The number of para-hydroxylation sites is 1. The standard InChI is InChI=1S/C18H19N5O3/c1-22-11-13(9-20-22)23-10-12(8-17(23)24)18(25)19-7-6-15-14-4-2-3-5-16(14)26-21-15/h2-5,9,11-12H,6-8,10H2,1H3,(H,19,25). The van der Waals surface area contributed by atoms with Crippen molar-refractivity contribution in [3.05, 3.63) is 42.4 Å². The SMILES string of the molecule is Cn1cc(N2CC(C(=O)NCCc3noc4ccccc34)CC2=O)cn1. The molecule has 1 fully saturated rings. The topological polar surface area (TPSA) is 93.3 Å². The largest absolute Gasteiger partial charge is 0.356 e. The minimum atomic E-state index is -0.350. The Morgan fingerprint density at radius 3 is 3.04 bits per heavy atom. The number of carbonyl (C=O) groups is 2. The Morgan fingerprint density at radius 1 is 1.38 bits per heavy atom. The number of aryl methyl sites for hydroxylation is 1. The van der Waals surface area contributed by atoms with E-state index in [9.17, 15) is 9.59 Å². The van der Waals surface area contributed by atoms with Crippen molar-refractivity contribution in [2.45, 2.75) is 12.8 Å². The van der Waals surface area contributed by atoms with Crippen LogP contribution < -0.4 is 10.2 Å². The van der Waals surface area contributed by atoms with Gasteiger partial charge in [0.1, 0.15) is 0 Å². The minimum Gasteiger partial charge on any atom is -0.356 e. The van der Waals surface area contributed by atoms with Gasteiger partial charge in [-0.3, -0.25) is 14.3 Å². The van der Waals surface area contributed by atoms with E-state index in [0.717, 1.165) is 22.4 Å². The second-order valence-electron chi connectivity index (χ2n) is 6.44. The molecular formula is C18H19N5O3. The van der Waals surface area contributed by atoms with E-state index >= 15 is 0 Å². The number of hydrogen-bond acceptors (Lipinski definition) is 5. The first-order valence-electron chi connectivity index (χ1n) is 8.52. The molecule has 0 bridgehead atoms. The number of fused-ring (bicyclic) bond motifs is 1. The Labute approximate surface area is 149 Å². The summed E-state index contributed by atoms with van der Waals surface area (Å²) in [6.07, 6.45) is 4.20. The van der Waals surface area contributed by atoms with Crippen LogP contribution in [0.2, 0.25) is 0 Å². The fourth-order valence-corrected chi connectivity index (χ4v) is 3.25. The summed E-state index contributed by atoms with van der Waals surface area (Å²) in [5.74, 6) is -0.519. The Balaban J connectivity index is 1.33. The molecule has 1 aliphatic rings. The molecule has 0 spiro atoms. The van der Waals surface area contributed by atoms with Crippen molar-refractivity contribution in [1.29, 1.82) is 0 Å². The number of amides is 2. The predicted molar refractivity (Wildman–Crippen MR) is 94.4 cm³/mol. The Bertz CT molecular complexity index is 961. The van der Waals surface area contributed by atoms with Gasteiger partial charge < -0.3 is 14.7 Å². The van der Waals surface area contributed by atoms with E-state index in [-0.39, 0.29) is 24.2 Å². The van der Waals surface area contributed by atoms with Gasteiger partial charge in [0, 0.05) is 44.6 Å². The average molecular weight is 353 g/mol. The molecule has 1 unspecified atom stereocenters. The molecule has 134 valence electrons. The summed E-state index contributed by atoms with van der Waals surface area (Å²) in [6.45, 7) is 0.830. The fraction of sp³-hybridized carbons (Fsp3) is 0.333. The second-order valence-corrected chi connectivity index (χ2v) is 6.44. The third kappa shape index (κ3) is 3.05. The van der Waals surface area contributed by atoms with Crippen molar-refractivity contribution >= 4 is 28.5 Å². The van der Waals surface area contributed by atoms with Crippen molar-refractivity contribution < 1.29 is 14.1 Å². The van der Waals surface area contributed by atoms with Crippen LogP contribution in [0.15, 0.2) is 41.2 Å². The average Bonchev–Trinajstić information content (AvgIpc) is 3.34. The maximum atomic E-state index is 12.4. The van der Waals surface area contributed by atoms with Gasteiger partial charge in [-0.15, -0.1) is 0 Å². The summed E-state index contributed by atoms with van der Waals surface area (Å²) < 4.78 is 6.90. The summed E-state index contributed by atoms with van der Waals surface area (Å²) >= 11 is 0. The van der Waals surface area contributed by atoms with E-state index in [1.54, 1.807) is 29.0 Å². The molecule has 26 heavy (non-hydrogen) atoms. The van der Waals surface area contributed by atoms with Gasteiger partial charge in [-0.05, 0) is 12.1 Å². The van der Waals surface area contributed by atoms with Crippen LogP contribution in [0.1, 0.15) is 12.1 Å². The van der Waals surface area contributed by atoms with Crippen molar-refractivity contribution in [3.63, 3.8) is 0 Å². The zero-order chi connectivity index (χ0) is 18.1. The zero-order valence-corrected chi connectivity index (χ0v) is 14.4. The molecule has 1 N–H and O–H groups in total. The summed E-state index contributed by atoms with van der Waals surface area (Å²) in [4.78, 5) is 26.2. The molecule has 3 heterocycles. The first kappa shape index (κ1) is 16.3. The smallest absolute Gasteiger partial charge is 0.227 e. The minimum absolute atomic E-state index is 0.0550. The normalized spacial score (nSPS) is 17.2. The summed E-state index contributed by atoms with van der Waals surface area (Å²) in [6, 6.07) is 7.63. The molecule has 2 amide bonds. The van der Waals surface area contributed by atoms with Gasteiger partial charge in [-0.2, -0.15) is 5.10 Å². The highest BCUT2D eigenvalue weighted by atomic mass is 16.5. The van der Waals surface area contributed by atoms with E-state index in [0.29, 0.717) is 19.5 Å². The van der Waals surface area contributed by atoms with Crippen LogP contribution in [0.3, 0.4) is 0 Å². The van der Waals surface area contributed by atoms with E-state index in [2.05, 4.69) is 15.6 Å². The third-order valence-corrected chi connectivity index (χ3v) is 4.61. The monoisotopic (exact) mass is 353 g/mol. The quantitative estimate of drug-likeness (QED) is 0.746. The number of carbonyl (C=O) groups excluding carboxylic acids is 2. The van der Waals surface area contributed by atoms with E-state index in [1.165, 1.54) is 0 Å². The van der Waals surface area contributed by atoms with E-state index in [1.807, 2.05) is 24.3 Å². The van der Waals surface area contributed by atoms with E-state index < -0.39 is 0 Å². The Hall–Kier alpha value is -3.16. The molecule has 0 saturated carbocycles. The van der Waals surface area contributed by atoms with Crippen LogP contribution in [0.4, 0.5) is 5.69 Å². The van der Waals surface area contributed by atoms with Gasteiger partial charge in [-0.25, -0.2) is 0 Å². The summed E-state index contributed by atoms with van der Waals surface area (Å²) in [5, 5.41) is 12.0.